The Balaban J connectivity index is 1.62. The smallest absolute Gasteiger partial charge is 0.266 e. The molecule has 28 heavy (non-hydrogen) atoms. The predicted molar refractivity (Wildman–Crippen MR) is 108 cm³/mol. The van der Waals surface area contributed by atoms with Crippen LogP contribution in [0.5, 0.6) is 11.5 Å². The summed E-state index contributed by atoms with van der Waals surface area (Å²) in [6, 6.07) is 25.0. The second-order valence-electron chi connectivity index (χ2n) is 6.02. The minimum atomic E-state index is -0.524. The van der Waals surface area contributed by atoms with E-state index >= 15 is 0 Å². The number of anilines is 1. The molecule has 0 atom stereocenters. The fourth-order valence-corrected chi connectivity index (χ4v) is 2.50. The van der Waals surface area contributed by atoms with Crippen molar-refractivity contribution in [3.05, 3.63) is 95.6 Å². The second kappa shape index (κ2) is 9.06. The lowest BCUT2D eigenvalue weighted by Crippen LogP contribution is -2.13. The van der Waals surface area contributed by atoms with Gasteiger partial charge in [0.15, 0.2) is 0 Å². The van der Waals surface area contributed by atoms with Crippen molar-refractivity contribution in [2.45, 2.75) is 6.61 Å². The van der Waals surface area contributed by atoms with Crippen LogP contribution in [0.1, 0.15) is 11.1 Å². The van der Waals surface area contributed by atoms with Crippen molar-refractivity contribution in [1.82, 2.24) is 0 Å². The van der Waals surface area contributed by atoms with Gasteiger partial charge in [0.05, 0.1) is 0 Å². The van der Waals surface area contributed by atoms with E-state index in [1.807, 2.05) is 36.4 Å². The molecular weight excluding hydrogens is 352 g/mol. The first-order chi connectivity index (χ1) is 13.6. The Morgan fingerprint density at radius 1 is 1.04 bits per heavy atom. The number of nitriles is 1. The van der Waals surface area contributed by atoms with Crippen LogP contribution in [0.4, 0.5) is 5.69 Å². The molecule has 0 aromatic heterocycles. The molecule has 0 aliphatic carbocycles. The Morgan fingerprint density at radius 3 is 2.46 bits per heavy atom. The normalized spacial score (nSPS) is 10.8. The highest BCUT2D eigenvalue weighted by Crippen LogP contribution is 2.19. The molecule has 0 saturated carbocycles. The molecule has 0 aliphatic rings. The molecule has 0 fully saturated rings. The van der Waals surface area contributed by atoms with Crippen LogP contribution in [0, 0.1) is 11.3 Å². The van der Waals surface area contributed by atoms with E-state index in [-0.39, 0.29) is 11.3 Å². The molecule has 3 aromatic carbocycles. The Kier molecular flexibility index (Phi) is 6.06. The van der Waals surface area contributed by atoms with Gasteiger partial charge in [0, 0.05) is 5.69 Å². The third-order valence-corrected chi connectivity index (χ3v) is 3.91. The zero-order valence-corrected chi connectivity index (χ0v) is 15.0. The highest BCUT2D eigenvalue weighted by atomic mass is 16.5. The minimum Gasteiger partial charge on any atom is -0.508 e. The molecule has 2 N–H and O–H groups in total. The minimum absolute atomic E-state index is 0.0602. The number of hydrogen-bond acceptors (Lipinski definition) is 4. The Morgan fingerprint density at radius 2 is 1.79 bits per heavy atom. The van der Waals surface area contributed by atoms with E-state index in [1.54, 1.807) is 36.4 Å². The number of benzene rings is 3. The first-order valence-electron chi connectivity index (χ1n) is 8.63. The summed E-state index contributed by atoms with van der Waals surface area (Å²) in [4.78, 5) is 12.3. The number of nitrogens with one attached hydrogen (secondary N) is 1. The molecule has 5 heteroatoms. The molecular formula is C23H18N2O3. The van der Waals surface area contributed by atoms with Gasteiger partial charge in [-0.1, -0.05) is 42.5 Å². The van der Waals surface area contributed by atoms with E-state index in [0.717, 1.165) is 5.56 Å². The third kappa shape index (κ3) is 5.23. The van der Waals surface area contributed by atoms with Crippen molar-refractivity contribution in [2.75, 3.05) is 5.32 Å². The molecule has 0 saturated heterocycles. The molecule has 3 aromatic rings. The van der Waals surface area contributed by atoms with E-state index in [1.165, 1.54) is 18.2 Å². The monoisotopic (exact) mass is 370 g/mol. The molecule has 0 unspecified atom stereocenters. The number of phenolic OH excluding ortho intramolecular Hbond substituents is 1. The van der Waals surface area contributed by atoms with Gasteiger partial charge in [0.25, 0.3) is 5.91 Å². The number of rotatable bonds is 6. The lowest BCUT2D eigenvalue weighted by molar-refractivity contribution is -0.112. The second-order valence-corrected chi connectivity index (χ2v) is 6.02. The Hall–Kier alpha value is -4.04. The summed E-state index contributed by atoms with van der Waals surface area (Å²) in [5, 5.41) is 21.4. The van der Waals surface area contributed by atoms with Crippen molar-refractivity contribution in [3.63, 3.8) is 0 Å². The number of aromatic hydroxyl groups is 1. The first-order valence-corrected chi connectivity index (χ1v) is 8.63. The van der Waals surface area contributed by atoms with E-state index in [4.69, 9.17) is 4.74 Å². The average molecular weight is 370 g/mol. The molecule has 3 rings (SSSR count). The van der Waals surface area contributed by atoms with Crippen LogP contribution in [0.3, 0.4) is 0 Å². The standard InChI is InChI=1S/C23H18N2O3/c24-15-19(13-18-7-4-8-21(26)14-18)23(27)25-20-9-11-22(12-10-20)28-16-17-5-2-1-3-6-17/h1-14,26H,16H2,(H,25,27)/b19-13-. The zero-order valence-electron chi connectivity index (χ0n) is 15.0. The van der Waals surface area contributed by atoms with Crippen LogP contribution in [0.15, 0.2) is 84.4 Å². The average Bonchev–Trinajstić information content (AvgIpc) is 2.72. The summed E-state index contributed by atoms with van der Waals surface area (Å²) < 4.78 is 5.71. The number of amides is 1. The number of ether oxygens (including phenoxy) is 1. The van der Waals surface area contributed by atoms with Crippen LogP contribution in [0.25, 0.3) is 6.08 Å². The summed E-state index contributed by atoms with van der Waals surface area (Å²) >= 11 is 0. The van der Waals surface area contributed by atoms with Gasteiger partial charge >= 0.3 is 0 Å². The molecule has 0 aliphatic heterocycles. The van der Waals surface area contributed by atoms with Crippen molar-refractivity contribution in [1.29, 1.82) is 5.26 Å². The van der Waals surface area contributed by atoms with Gasteiger partial charge < -0.3 is 15.2 Å². The largest absolute Gasteiger partial charge is 0.508 e. The number of carbonyl (C=O) groups excluding carboxylic acids is 1. The maximum Gasteiger partial charge on any atom is 0.266 e. The maximum absolute atomic E-state index is 12.3. The molecule has 0 radical (unpaired) electrons. The maximum atomic E-state index is 12.3. The summed E-state index contributed by atoms with van der Waals surface area (Å²) in [6.45, 7) is 0.456. The number of carbonyl (C=O) groups is 1. The molecule has 0 bridgehead atoms. The van der Waals surface area contributed by atoms with Gasteiger partial charge in [-0.15, -0.1) is 0 Å². The van der Waals surface area contributed by atoms with E-state index < -0.39 is 5.91 Å². The van der Waals surface area contributed by atoms with Crippen LogP contribution in [0.2, 0.25) is 0 Å². The van der Waals surface area contributed by atoms with Gasteiger partial charge in [-0.25, -0.2) is 0 Å². The lowest BCUT2D eigenvalue weighted by atomic mass is 10.1. The molecule has 0 heterocycles. The quantitative estimate of drug-likeness (QED) is 0.494. The Labute approximate surface area is 163 Å². The number of phenols is 1. The highest BCUT2D eigenvalue weighted by molar-refractivity contribution is 6.09. The van der Waals surface area contributed by atoms with Crippen molar-refractivity contribution < 1.29 is 14.6 Å². The van der Waals surface area contributed by atoms with Crippen molar-refractivity contribution in [2.24, 2.45) is 0 Å². The Bertz CT molecular complexity index is 1020. The third-order valence-electron chi connectivity index (χ3n) is 3.91. The van der Waals surface area contributed by atoms with Gasteiger partial charge in [-0.05, 0) is 53.6 Å². The summed E-state index contributed by atoms with van der Waals surface area (Å²) in [5.41, 5.74) is 2.12. The first kappa shape index (κ1) is 18.7. The van der Waals surface area contributed by atoms with Gasteiger partial charge in [-0.3, -0.25) is 4.79 Å². The predicted octanol–water partition coefficient (Wildman–Crippen LogP) is 4.52. The fourth-order valence-electron chi connectivity index (χ4n) is 2.50. The molecule has 1 amide bonds. The molecule has 0 spiro atoms. The van der Waals surface area contributed by atoms with Crippen LogP contribution < -0.4 is 10.1 Å². The lowest BCUT2D eigenvalue weighted by Gasteiger charge is -2.08. The van der Waals surface area contributed by atoms with Gasteiger partial charge in [0.2, 0.25) is 0 Å². The van der Waals surface area contributed by atoms with Crippen LogP contribution in [-0.4, -0.2) is 11.0 Å². The van der Waals surface area contributed by atoms with Gasteiger partial charge in [-0.2, -0.15) is 5.26 Å². The highest BCUT2D eigenvalue weighted by Gasteiger charge is 2.10. The zero-order chi connectivity index (χ0) is 19.8. The van der Waals surface area contributed by atoms with Crippen molar-refractivity contribution >= 4 is 17.7 Å². The fraction of sp³-hybridized carbons (Fsp3) is 0.0435. The van der Waals surface area contributed by atoms with Crippen LogP contribution in [-0.2, 0) is 11.4 Å². The van der Waals surface area contributed by atoms with E-state index in [9.17, 15) is 15.2 Å². The molecule has 138 valence electrons. The van der Waals surface area contributed by atoms with Crippen molar-refractivity contribution in [3.8, 4) is 17.6 Å². The molecule has 5 nitrogen and oxygen atoms in total. The number of hydrogen-bond donors (Lipinski definition) is 2. The van der Waals surface area contributed by atoms with E-state index in [2.05, 4.69) is 5.32 Å². The summed E-state index contributed by atoms with van der Waals surface area (Å²) in [7, 11) is 0. The van der Waals surface area contributed by atoms with Crippen LogP contribution >= 0.6 is 0 Å². The topological polar surface area (TPSA) is 82.3 Å². The van der Waals surface area contributed by atoms with E-state index in [0.29, 0.717) is 23.6 Å². The summed E-state index contributed by atoms with van der Waals surface area (Å²) in [5.74, 6) is 0.221. The summed E-state index contributed by atoms with van der Waals surface area (Å²) in [6.07, 6.45) is 1.42. The number of nitrogens with zero attached hydrogens (tertiary/aromatic N) is 1. The SMILES string of the molecule is N#C/C(=C/c1cccc(O)c1)C(=O)Nc1ccc(OCc2ccccc2)cc1. The van der Waals surface area contributed by atoms with Gasteiger partial charge in [0.1, 0.15) is 29.7 Å².